The van der Waals surface area contributed by atoms with Crippen molar-refractivity contribution in [3.8, 4) is 18.1 Å². The van der Waals surface area contributed by atoms with Crippen molar-refractivity contribution in [2.75, 3.05) is 13.2 Å². The molecule has 0 heterocycles. The van der Waals surface area contributed by atoms with Gasteiger partial charge in [-0.3, -0.25) is 4.79 Å². The van der Waals surface area contributed by atoms with E-state index in [1.165, 1.54) is 0 Å². The molecule has 0 saturated heterocycles. The molecule has 0 unspecified atom stereocenters. The number of terminal acetylenes is 1. The second kappa shape index (κ2) is 6.08. The normalized spacial score (nSPS) is 10.6. The number of hydrogen-bond acceptors (Lipinski definition) is 3. The number of amides is 1. The monoisotopic (exact) mass is 247 g/mol. The molecule has 0 aliphatic heterocycles. The molecule has 1 aromatic carbocycles. The summed E-state index contributed by atoms with van der Waals surface area (Å²) >= 11 is 0. The van der Waals surface area contributed by atoms with Crippen molar-refractivity contribution in [2.45, 2.75) is 19.4 Å². The number of carbonyl (C=O) groups excluding carboxylic acids is 1. The van der Waals surface area contributed by atoms with Gasteiger partial charge in [0.1, 0.15) is 12.4 Å². The second-order valence-corrected chi connectivity index (χ2v) is 4.51. The Kier molecular flexibility index (Phi) is 4.75. The van der Waals surface area contributed by atoms with Gasteiger partial charge >= 0.3 is 0 Å². The smallest absolute Gasteiger partial charge is 0.251 e. The first-order valence-corrected chi connectivity index (χ1v) is 5.58. The molecule has 0 bridgehead atoms. The van der Waals surface area contributed by atoms with E-state index < -0.39 is 5.54 Å². The van der Waals surface area contributed by atoms with E-state index in [2.05, 4.69) is 11.2 Å². The molecule has 0 saturated carbocycles. The Morgan fingerprint density at radius 3 is 2.56 bits per heavy atom. The minimum absolute atomic E-state index is 0.123. The average Bonchev–Trinajstić information content (AvgIpc) is 2.36. The largest absolute Gasteiger partial charge is 0.481 e. The predicted octanol–water partition coefficient (Wildman–Crippen LogP) is 1.20. The topological polar surface area (TPSA) is 58.6 Å². The van der Waals surface area contributed by atoms with E-state index in [1.807, 2.05) is 0 Å². The van der Waals surface area contributed by atoms with Crippen LogP contribution in [-0.4, -0.2) is 29.8 Å². The van der Waals surface area contributed by atoms with Gasteiger partial charge in [0, 0.05) is 5.56 Å². The van der Waals surface area contributed by atoms with Gasteiger partial charge < -0.3 is 15.2 Å². The van der Waals surface area contributed by atoms with Gasteiger partial charge in [0.05, 0.1) is 12.1 Å². The number of benzene rings is 1. The van der Waals surface area contributed by atoms with Gasteiger partial charge in [-0.05, 0) is 38.1 Å². The van der Waals surface area contributed by atoms with Crippen molar-refractivity contribution in [3.63, 3.8) is 0 Å². The summed E-state index contributed by atoms with van der Waals surface area (Å²) in [4.78, 5) is 11.8. The number of rotatable bonds is 5. The van der Waals surface area contributed by atoms with Crippen molar-refractivity contribution in [2.24, 2.45) is 0 Å². The fourth-order valence-electron chi connectivity index (χ4n) is 1.25. The molecule has 1 rings (SSSR count). The quantitative estimate of drug-likeness (QED) is 0.769. The molecule has 96 valence electrons. The maximum Gasteiger partial charge on any atom is 0.251 e. The van der Waals surface area contributed by atoms with Crippen LogP contribution >= 0.6 is 0 Å². The minimum atomic E-state index is -0.643. The van der Waals surface area contributed by atoms with Crippen molar-refractivity contribution in [1.29, 1.82) is 0 Å². The molecule has 0 spiro atoms. The SMILES string of the molecule is C#CCOc1ccc(C(=O)NC(C)(C)CO)cc1. The predicted molar refractivity (Wildman–Crippen MR) is 69.4 cm³/mol. The Labute approximate surface area is 107 Å². The van der Waals surface area contributed by atoms with Crippen LogP contribution in [0.5, 0.6) is 5.75 Å². The molecule has 4 nitrogen and oxygen atoms in total. The highest BCUT2D eigenvalue weighted by atomic mass is 16.5. The van der Waals surface area contributed by atoms with Gasteiger partial charge in [-0.15, -0.1) is 6.42 Å². The third-order valence-corrected chi connectivity index (χ3v) is 2.29. The van der Waals surface area contributed by atoms with Gasteiger partial charge in [-0.25, -0.2) is 0 Å². The van der Waals surface area contributed by atoms with E-state index >= 15 is 0 Å². The van der Waals surface area contributed by atoms with Gasteiger partial charge in [0.25, 0.3) is 5.91 Å². The van der Waals surface area contributed by atoms with Crippen LogP contribution in [0.3, 0.4) is 0 Å². The first kappa shape index (κ1) is 14.1. The van der Waals surface area contributed by atoms with Crippen LogP contribution in [0.15, 0.2) is 24.3 Å². The lowest BCUT2D eigenvalue weighted by Gasteiger charge is -2.23. The van der Waals surface area contributed by atoms with E-state index in [4.69, 9.17) is 16.3 Å². The Bertz CT molecular complexity index is 443. The maximum absolute atomic E-state index is 11.8. The van der Waals surface area contributed by atoms with Crippen LogP contribution < -0.4 is 10.1 Å². The number of hydrogen-bond donors (Lipinski definition) is 2. The number of nitrogens with one attached hydrogen (secondary N) is 1. The first-order chi connectivity index (χ1) is 8.48. The molecule has 1 aromatic rings. The molecular formula is C14H17NO3. The number of ether oxygens (including phenoxy) is 1. The Balaban J connectivity index is 2.68. The van der Waals surface area contributed by atoms with Crippen LogP contribution in [0, 0.1) is 12.3 Å². The molecule has 18 heavy (non-hydrogen) atoms. The average molecular weight is 247 g/mol. The van der Waals surface area contributed by atoms with E-state index in [9.17, 15) is 4.79 Å². The van der Waals surface area contributed by atoms with Crippen molar-refractivity contribution in [1.82, 2.24) is 5.32 Å². The highest BCUT2D eigenvalue weighted by Crippen LogP contribution is 2.13. The number of aliphatic hydroxyl groups excluding tert-OH is 1. The molecule has 0 fully saturated rings. The summed E-state index contributed by atoms with van der Waals surface area (Å²) in [6.45, 7) is 3.57. The van der Waals surface area contributed by atoms with E-state index in [1.54, 1.807) is 38.1 Å². The zero-order valence-corrected chi connectivity index (χ0v) is 10.6. The maximum atomic E-state index is 11.8. The van der Waals surface area contributed by atoms with Crippen molar-refractivity contribution in [3.05, 3.63) is 29.8 Å². The second-order valence-electron chi connectivity index (χ2n) is 4.51. The van der Waals surface area contributed by atoms with Crippen LogP contribution in [0.2, 0.25) is 0 Å². The molecule has 0 radical (unpaired) electrons. The first-order valence-electron chi connectivity index (χ1n) is 5.58. The third kappa shape index (κ3) is 4.11. The Hall–Kier alpha value is -1.99. The zero-order valence-electron chi connectivity index (χ0n) is 10.6. The van der Waals surface area contributed by atoms with Gasteiger partial charge in [0.15, 0.2) is 0 Å². The van der Waals surface area contributed by atoms with Gasteiger partial charge in [-0.2, -0.15) is 0 Å². The van der Waals surface area contributed by atoms with Gasteiger partial charge in [0.2, 0.25) is 0 Å². The summed E-state index contributed by atoms with van der Waals surface area (Å²) in [5, 5.41) is 11.8. The molecule has 0 aromatic heterocycles. The molecule has 2 N–H and O–H groups in total. The van der Waals surface area contributed by atoms with E-state index in [-0.39, 0.29) is 19.1 Å². The molecule has 0 aliphatic rings. The summed E-state index contributed by atoms with van der Waals surface area (Å²) in [5.74, 6) is 2.74. The fraction of sp³-hybridized carbons (Fsp3) is 0.357. The van der Waals surface area contributed by atoms with Crippen LogP contribution in [0.25, 0.3) is 0 Å². The third-order valence-electron chi connectivity index (χ3n) is 2.29. The van der Waals surface area contributed by atoms with Crippen LogP contribution in [0.1, 0.15) is 24.2 Å². The molecular weight excluding hydrogens is 230 g/mol. The zero-order chi connectivity index (χ0) is 13.6. The number of aliphatic hydroxyl groups is 1. The lowest BCUT2D eigenvalue weighted by Crippen LogP contribution is -2.46. The summed E-state index contributed by atoms with van der Waals surface area (Å²) in [6.07, 6.45) is 5.08. The summed E-state index contributed by atoms with van der Waals surface area (Å²) in [7, 11) is 0. The molecule has 0 aliphatic carbocycles. The van der Waals surface area contributed by atoms with Crippen LogP contribution in [0.4, 0.5) is 0 Å². The summed E-state index contributed by atoms with van der Waals surface area (Å²) < 4.78 is 5.20. The molecule has 0 atom stereocenters. The van der Waals surface area contributed by atoms with Crippen LogP contribution in [-0.2, 0) is 0 Å². The standard InChI is InChI=1S/C14H17NO3/c1-4-9-18-12-7-5-11(6-8-12)13(17)15-14(2,3)10-16/h1,5-8,16H,9-10H2,2-3H3,(H,15,17). The number of carbonyl (C=O) groups is 1. The highest BCUT2D eigenvalue weighted by Gasteiger charge is 2.19. The molecule has 1 amide bonds. The minimum Gasteiger partial charge on any atom is -0.481 e. The summed E-state index contributed by atoms with van der Waals surface area (Å²) in [6, 6.07) is 6.65. The van der Waals surface area contributed by atoms with Crippen molar-refractivity contribution >= 4 is 5.91 Å². The fourth-order valence-corrected chi connectivity index (χ4v) is 1.25. The Morgan fingerprint density at radius 1 is 1.44 bits per heavy atom. The highest BCUT2D eigenvalue weighted by molar-refractivity contribution is 5.94. The lowest BCUT2D eigenvalue weighted by molar-refractivity contribution is 0.0869. The summed E-state index contributed by atoms with van der Waals surface area (Å²) in [5.41, 5.74) is -0.139. The van der Waals surface area contributed by atoms with Gasteiger partial charge in [-0.1, -0.05) is 5.92 Å². The van der Waals surface area contributed by atoms with E-state index in [0.717, 1.165) is 0 Å². The lowest BCUT2D eigenvalue weighted by atomic mass is 10.1. The van der Waals surface area contributed by atoms with E-state index in [0.29, 0.717) is 11.3 Å². The molecule has 4 heteroatoms. The Morgan fingerprint density at radius 2 is 2.06 bits per heavy atom. The van der Waals surface area contributed by atoms with Crippen molar-refractivity contribution < 1.29 is 14.6 Å².